The highest BCUT2D eigenvalue weighted by atomic mass is 32.2. The van der Waals surface area contributed by atoms with Crippen molar-refractivity contribution in [2.24, 2.45) is 5.92 Å². The summed E-state index contributed by atoms with van der Waals surface area (Å²) in [6.07, 6.45) is 2.29. The fourth-order valence-electron chi connectivity index (χ4n) is 3.97. The number of hydrogen-bond donors (Lipinski definition) is 1. The second kappa shape index (κ2) is 7.33. The van der Waals surface area contributed by atoms with Crippen LogP contribution in [0.2, 0.25) is 0 Å². The third kappa shape index (κ3) is 3.42. The minimum Gasteiger partial charge on any atom is -0.321 e. The Morgan fingerprint density at radius 1 is 1.27 bits per heavy atom. The van der Waals surface area contributed by atoms with E-state index in [0.29, 0.717) is 17.2 Å². The zero-order valence-corrected chi connectivity index (χ0v) is 17.1. The average molecular weight is 388 g/mol. The van der Waals surface area contributed by atoms with E-state index in [0.717, 1.165) is 41.5 Å². The third-order valence-electron chi connectivity index (χ3n) is 5.31. The van der Waals surface area contributed by atoms with Crippen molar-refractivity contribution in [3.8, 4) is 0 Å². The Hall–Kier alpha value is -1.37. The lowest BCUT2D eigenvalue weighted by atomic mass is 9.92. The second-order valence-electron chi connectivity index (χ2n) is 7.38. The SMILES string of the molecule is CC(=O)NC1=C(c2nc3ccccc3s2)C2CCN(C(C)C)CCC2S1. The highest BCUT2D eigenvalue weighted by Gasteiger charge is 2.40. The number of benzene rings is 1. The Bertz CT molecular complexity index is 825. The van der Waals surface area contributed by atoms with E-state index in [1.165, 1.54) is 10.3 Å². The predicted octanol–water partition coefficient (Wildman–Crippen LogP) is 4.34. The number of hydrogen-bond acceptors (Lipinski definition) is 5. The Morgan fingerprint density at radius 2 is 2.04 bits per heavy atom. The summed E-state index contributed by atoms with van der Waals surface area (Å²) < 4.78 is 1.21. The van der Waals surface area contributed by atoms with Crippen molar-refractivity contribution < 1.29 is 4.79 Å². The molecule has 1 saturated heterocycles. The van der Waals surface area contributed by atoms with Gasteiger partial charge in [-0.2, -0.15) is 0 Å². The summed E-state index contributed by atoms with van der Waals surface area (Å²) in [5, 5.41) is 5.74. The maximum absolute atomic E-state index is 11.8. The lowest BCUT2D eigenvalue weighted by Gasteiger charge is -2.24. The Morgan fingerprint density at radius 3 is 2.77 bits per heavy atom. The maximum atomic E-state index is 11.8. The van der Waals surface area contributed by atoms with Crippen LogP contribution in [0.1, 0.15) is 38.6 Å². The monoisotopic (exact) mass is 387 g/mol. The summed E-state index contributed by atoms with van der Waals surface area (Å²) in [6.45, 7) is 8.40. The van der Waals surface area contributed by atoms with E-state index in [2.05, 4.69) is 42.3 Å². The molecular weight excluding hydrogens is 362 g/mol. The molecule has 2 atom stereocenters. The normalized spacial score (nSPS) is 24.2. The Kier molecular flexibility index (Phi) is 5.08. The van der Waals surface area contributed by atoms with Gasteiger partial charge < -0.3 is 10.2 Å². The predicted molar refractivity (Wildman–Crippen MR) is 111 cm³/mol. The van der Waals surface area contributed by atoms with Crippen molar-refractivity contribution >= 4 is 44.8 Å². The van der Waals surface area contributed by atoms with Crippen LogP contribution in [-0.4, -0.2) is 40.2 Å². The van der Waals surface area contributed by atoms with E-state index in [9.17, 15) is 4.79 Å². The minimum absolute atomic E-state index is 0.00591. The minimum atomic E-state index is 0.00591. The van der Waals surface area contributed by atoms with Gasteiger partial charge in [-0.25, -0.2) is 4.98 Å². The van der Waals surface area contributed by atoms with Crippen molar-refractivity contribution in [1.29, 1.82) is 0 Å². The molecule has 26 heavy (non-hydrogen) atoms. The van der Waals surface area contributed by atoms with E-state index in [4.69, 9.17) is 4.98 Å². The van der Waals surface area contributed by atoms with E-state index < -0.39 is 0 Å². The fourth-order valence-corrected chi connectivity index (χ4v) is 6.65. The molecule has 1 aromatic carbocycles. The molecule has 1 aromatic heterocycles. The van der Waals surface area contributed by atoms with Crippen molar-refractivity contribution in [2.75, 3.05) is 13.1 Å². The zero-order chi connectivity index (χ0) is 18.3. The van der Waals surface area contributed by atoms with Crippen LogP contribution in [0.3, 0.4) is 0 Å². The van der Waals surface area contributed by atoms with E-state index in [-0.39, 0.29) is 5.91 Å². The standard InChI is InChI=1S/C20H25N3OS2/c1-12(2)23-10-8-14-16(9-11-23)25-19(21-13(3)24)18(14)20-22-15-6-4-5-7-17(15)26-20/h4-7,12,14,16H,8-11H2,1-3H3,(H,21,24). The number of amides is 1. The first kappa shape index (κ1) is 18.0. The van der Waals surface area contributed by atoms with Gasteiger partial charge in [0.05, 0.1) is 15.2 Å². The summed E-state index contributed by atoms with van der Waals surface area (Å²) in [5.74, 6) is 0.470. The first-order valence-corrected chi connectivity index (χ1v) is 11.0. The van der Waals surface area contributed by atoms with Crippen LogP contribution in [0.25, 0.3) is 15.8 Å². The molecule has 2 aromatic rings. The smallest absolute Gasteiger partial charge is 0.221 e. The number of nitrogens with one attached hydrogen (secondary N) is 1. The number of fused-ring (bicyclic) bond motifs is 2. The topological polar surface area (TPSA) is 45.2 Å². The Balaban J connectivity index is 1.72. The summed E-state index contributed by atoms with van der Waals surface area (Å²) in [7, 11) is 0. The van der Waals surface area contributed by atoms with Gasteiger partial charge in [0.2, 0.25) is 5.91 Å². The van der Waals surface area contributed by atoms with Crippen LogP contribution in [0.4, 0.5) is 0 Å². The number of thiazole rings is 1. The van der Waals surface area contributed by atoms with Gasteiger partial charge in [0.15, 0.2) is 0 Å². The van der Waals surface area contributed by atoms with Gasteiger partial charge in [-0.15, -0.1) is 23.1 Å². The van der Waals surface area contributed by atoms with Gasteiger partial charge in [0.1, 0.15) is 5.01 Å². The van der Waals surface area contributed by atoms with Crippen molar-refractivity contribution in [2.45, 2.75) is 44.9 Å². The number of nitrogens with zero attached hydrogens (tertiary/aromatic N) is 2. The quantitative estimate of drug-likeness (QED) is 0.851. The van der Waals surface area contributed by atoms with Crippen LogP contribution in [0, 0.1) is 5.92 Å². The number of allylic oxidation sites excluding steroid dienone is 1. The summed E-state index contributed by atoms with van der Waals surface area (Å²) in [4.78, 5) is 19.3. The number of thioether (sulfide) groups is 1. The number of likely N-dealkylation sites (tertiary alicyclic amines) is 1. The van der Waals surface area contributed by atoms with Gasteiger partial charge in [0, 0.05) is 29.7 Å². The first-order chi connectivity index (χ1) is 12.5. The summed E-state index contributed by atoms with van der Waals surface area (Å²) in [6, 6.07) is 8.88. The average Bonchev–Trinajstić information content (AvgIpc) is 3.08. The Labute approximate surface area is 163 Å². The first-order valence-electron chi connectivity index (χ1n) is 9.31. The number of rotatable bonds is 3. The molecule has 1 N–H and O–H groups in total. The van der Waals surface area contributed by atoms with E-state index in [1.807, 2.05) is 17.8 Å². The van der Waals surface area contributed by atoms with E-state index in [1.54, 1.807) is 18.3 Å². The van der Waals surface area contributed by atoms with Gasteiger partial charge in [-0.05, 0) is 51.9 Å². The van der Waals surface area contributed by atoms with Crippen molar-refractivity contribution in [3.63, 3.8) is 0 Å². The summed E-state index contributed by atoms with van der Waals surface area (Å²) >= 11 is 3.60. The molecule has 0 bridgehead atoms. The fraction of sp³-hybridized carbons (Fsp3) is 0.500. The number of para-hydroxylation sites is 1. The lowest BCUT2D eigenvalue weighted by molar-refractivity contribution is -0.118. The molecule has 2 unspecified atom stereocenters. The van der Waals surface area contributed by atoms with E-state index >= 15 is 0 Å². The lowest BCUT2D eigenvalue weighted by Crippen LogP contribution is -2.32. The molecule has 0 spiro atoms. The molecular formula is C20H25N3OS2. The molecule has 2 aliphatic heterocycles. The van der Waals surface area contributed by atoms with Gasteiger partial charge in [-0.3, -0.25) is 4.79 Å². The summed E-state index contributed by atoms with van der Waals surface area (Å²) in [5.41, 5.74) is 2.31. The zero-order valence-electron chi connectivity index (χ0n) is 15.5. The van der Waals surface area contributed by atoms with Crippen LogP contribution in [0.15, 0.2) is 29.3 Å². The van der Waals surface area contributed by atoms with Crippen LogP contribution in [0.5, 0.6) is 0 Å². The van der Waals surface area contributed by atoms with Crippen molar-refractivity contribution in [1.82, 2.24) is 15.2 Å². The van der Waals surface area contributed by atoms with Crippen LogP contribution in [-0.2, 0) is 4.79 Å². The molecule has 1 amide bonds. The maximum Gasteiger partial charge on any atom is 0.221 e. The molecule has 3 heterocycles. The molecule has 0 aliphatic carbocycles. The van der Waals surface area contributed by atoms with Gasteiger partial charge in [0.25, 0.3) is 0 Å². The van der Waals surface area contributed by atoms with Crippen molar-refractivity contribution in [3.05, 3.63) is 34.3 Å². The highest BCUT2D eigenvalue weighted by Crippen LogP contribution is 2.50. The largest absolute Gasteiger partial charge is 0.321 e. The number of carbonyl (C=O) groups is 1. The highest BCUT2D eigenvalue weighted by molar-refractivity contribution is 8.04. The molecule has 0 radical (unpaired) electrons. The second-order valence-corrected chi connectivity index (χ2v) is 9.66. The molecule has 1 fully saturated rings. The van der Waals surface area contributed by atoms with Gasteiger partial charge in [-0.1, -0.05) is 12.1 Å². The van der Waals surface area contributed by atoms with Gasteiger partial charge >= 0.3 is 0 Å². The molecule has 138 valence electrons. The number of carbonyl (C=O) groups excluding carboxylic acids is 1. The number of aromatic nitrogens is 1. The van der Waals surface area contributed by atoms with Crippen LogP contribution >= 0.6 is 23.1 Å². The molecule has 6 heteroatoms. The molecule has 4 nitrogen and oxygen atoms in total. The third-order valence-corrected chi connectivity index (χ3v) is 7.80. The van der Waals surface area contributed by atoms with Crippen LogP contribution < -0.4 is 5.32 Å². The molecule has 0 saturated carbocycles. The molecule has 2 aliphatic rings. The molecule has 4 rings (SSSR count).